The van der Waals surface area contributed by atoms with Crippen molar-refractivity contribution in [3.05, 3.63) is 16.1 Å². The van der Waals surface area contributed by atoms with Crippen LogP contribution in [0.5, 0.6) is 0 Å². The summed E-state index contributed by atoms with van der Waals surface area (Å²) in [4.78, 5) is 60.5. The van der Waals surface area contributed by atoms with Gasteiger partial charge in [-0.1, -0.05) is 47.5 Å². The van der Waals surface area contributed by atoms with E-state index in [1.54, 1.807) is 12.4 Å². The van der Waals surface area contributed by atoms with E-state index in [0.717, 1.165) is 38.6 Å². The first-order chi connectivity index (χ1) is 18.9. The molecule has 1 aliphatic rings. The van der Waals surface area contributed by atoms with Gasteiger partial charge in [0.2, 0.25) is 5.91 Å². The summed E-state index contributed by atoms with van der Waals surface area (Å²) in [5.74, 6) is -0.906. The molecule has 2 amide bonds. The number of carbonyl (C=O) groups is 4. The number of nitrogens with one attached hydrogen (secondary N) is 1. The lowest BCUT2D eigenvalue weighted by Crippen LogP contribution is -2.50. The maximum Gasteiger partial charge on any atom is 0.303 e. The molecule has 10 heteroatoms. The predicted octanol–water partition coefficient (Wildman–Crippen LogP) is 4.87. The number of likely N-dealkylation sites (N-methyl/N-ethyl adjacent to an activating group) is 1. The van der Waals surface area contributed by atoms with Gasteiger partial charge in [0.15, 0.2) is 11.9 Å². The number of amides is 2. The van der Waals surface area contributed by atoms with Crippen LogP contribution in [0.4, 0.5) is 0 Å². The van der Waals surface area contributed by atoms with Crippen molar-refractivity contribution in [3.8, 4) is 0 Å². The lowest BCUT2D eigenvalue weighted by atomic mass is 9.82. The molecule has 1 saturated heterocycles. The smallest absolute Gasteiger partial charge is 0.303 e. The second kappa shape index (κ2) is 16.2. The number of carbonyl (C=O) groups excluding carboxylic acids is 4. The van der Waals surface area contributed by atoms with Crippen molar-refractivity contribution in [2.24, 2.45) is 17.8 Å². The fourth-order valence-corrected chi connectivity index (χ4v) is 6.43. The SMILES string of the molecule is CCCN(C(=O)[C@@H](CC(=O)[C@H]1CCCCN1C)[C@@H](C)CC)[C@H](C[C@@H](OC(C)=O)c1nc(C(=O)NC)cs1)C(C)C. The molecule has 5 atom stereocenters. The quantitative estimate of drug-likeness (QED) is 0.296. The maximum atomic E-state index is 14.3. The fraction of sp³-hybridized carbons (Fsp3) is 0.767. The van der Waals surface area contributed by atoms with Crippen molar-refractivity contribution >= 4 is 34.9 Å². The number of nitrogens with zero attached hydrogens (tertiary/aromatic N) is 3. The van der Waals surface area contributed by atoms with Gasteiger partial charge in [0.1, 0.15) is 10.7 Å². The lowest BCUT2D eigenvalue weighted by Gasteiger charge is -2.39. The molecule has 2 heterocycles. The number of piperidine rings is 1. The van der Waals surface area contributed by atoms with E-state index in [0.29, 0.717) is 18.0 Å². The third-order valence-electron chi connectivity index (χ3n) is 8.15. The first-order valence-corrected chi connectivity index (χ1v) is 15.7. The van der Waals surface area contributed by atoms with Crippen LogP contribution in [0.3, 0.4) is 0 Å². The largest absolute Gasteiger partial charge is 0.455 e. The van der Waals surface area contributed by atoms with Gasteiger partial charge in [0.05, 0.1) is 6.04 Å². The van der Waals surface area contributed by atoms with Gasteiger partial charge in [-0.15, -0.1) is 11.3 Å². The Morgan fingerprint density at radius 2 is 1.90 bits per heavy atom. The van der Waals surface area contributed by atoms with E-state index >= 15 is 0 Å². The number of thiazole rings is 1. The molecule has 2 rings (SSSR count). The van der Waals surface area contributed by atoms with E-state index in [4.69, 9.17) is 4.74 Å². The number of Topliss-reactive ketones (excluding diaryl/α,β-unsaturated/α-hetero) is 1. The highest BCUT2D eigenvalue weighted by atomic mass is 32.1. The summed E-state index contributed by atoms with van der Waals surface area (Å²) in [6.45, 7) is 13.1. The Morgan fingerprint density at radius 3 is 2.45 bits per heavy atom. The molecule has 0 bridgehead atoms. The van der Waals surface area contributed by atoms with Gasteiger partial charge in [0.25, 0.3) is 5.91 Å². The summed E-state index contributed by atoms with van der Waals surface area (Å²) < 4.78 is 5.72. The van der Waals surface area contributed by atoms with E-state index in [9.17, 15) is 19.2 Å². The van der Waals surface area contributed by atoms with Gasteiger partial charge in [-0.3, -0.25) is 24.1 Å². The standard InChI is InChI=1S/C30H50N4O5S/c1-9-14-34(30(38)22(20(5)10-2)16-26(36)24-13-11-12-15-33(24)8)25(19(3)4)17-27(39-21(6)35)29-32-23(18-40-29)28(37)31-7/h18-20,22,24-25,27H,9-17H2,1-8H3,(H,31,37)/t20-,22-,24+,25+,27+/m0/s1. The molecule has 0 radical (unpaired) electrons. The molecule has 0 saturated carbocycles. The molecule has 40 heavy (non-hydrogen) atoms. The second-order valence-electron chi connectivity index (χ2n) is 11.5. The molecule has 0 aliphatic carbocycles. The molecule has 1 aromatic heterocycles. The monoisotopic (exact) mass is 578 g/mol. The zero-order valence-corrected chi connectivity index (χ0v) is 26.5. The number of likely N-dealkylation sites (tertiary alicyclic amines) is 1. The van der Waals surface area contributed by atoms with Crippen LogP contribution in [0.1, 0.15) is 108 Å². The molecular weight excluding hydrogens is 528 g/mol. The van der Waals surface area contributed by atoms with Gasteiger partial charge >= 0.3 is 5.97 Å². The number of ketones is 1. The van der Waals surface area contributed by atoms with Crippen LogP contribution in [0, 0.1) is 17.8 Å². The first kappa shape index (κ1) is 33.9. The molecule has 9 nitrogen and oxygen atoms in total. The van der Waals surface area contributed by atoms with Crippen LogP contribution in [0.15, 0.2) is 5.38 Å². The molecular formula is C30H50N4O5S. The number of esters is 1. The van der Waals surface area contributed by atoms with Crippen molar-refractivity contribution in [1.29, 1.82) is 0 Å². The summed E-state index contributed by atoms with van der Waals surface area (Å²) in [5, 5.41) is 4.74. The van der Waals surface area contributed by atoms with Crippen molar-refractivity contribution in [3.63, 3.8) is 0 Å². The summed E-state index contributed by atoms with van der Waals surface area (Å²) >= 11 is 1.27. The minimum atomic E-state index is -0.694. The number of rotatable bonds is 15. The fourth-order valence-electron chi connectivity index (χ4n) is 5.59. The van der Waals surface area contributed by atoms with Gasteiger partial charge < -0.3 is 15.0 Å². The Bertz CT molecular complexity index is 996. The Kier molecular flexibility index (Phi) is 13.7. The molecule has 0 unspecified atom stereocenters. The predicted molar refractivity (Wildman–Crippen MR) is 158 cm³/mol. The Balaban J connectivity index is 2.38. The number of hydrogen-bond donors (Lipinski definition) is 1. The van der Waals surface area contributed by atoms with Crippen LogP contribution >= 0.6 is 11.3 Å². The van der Waals surface area contributed by atoms with E-state index in [2.05, 4.69) is 42.9 Å². The Morgan fingerprint density at radius 1 is 1.20 bits per heavy atom. The summed E-state index contributed by atoms with van der Waals surface area (Å²) in [6, 6.07) is -0.371. The van der Waals surface area contributed by atoms with E-state index in [1.807, 2.05) is 18.9 Å². The molecule has 1 fully saturated rings. The average molecular weight is 579 g/mol. The normalized spacial score (nSPS) is 19.0. The second-order valence-corrected chi connectivity index (χ2v) is 12.4. The average Bonchev–Trinajstić information content (AvgIpc) is 3.42. The van der Waals surface area contributed by atoms with Gasteiger partial charge in [-0.25, -0.2) is 4.98 Å². The van der Waals surface area contributed by atoms with Crippen molar-refractivity contribution in [2.75, 3.05) is 27.2 Å². The molecule has 1 aromatic rings. The highest BCUT2D eigenvalue weighted by Crippen LogP contribution is 2.33. The Labute approximate surface area is 244 Å². The topological polar surface area (TPSA) is 109 Å². The first-order valence-electron chi connectivity index (χ1n) is 14.8. The Hall–Kier alpha value is -2.33. The van der Waals surface area contributed by atoms with Crippen molar-refractivity contribution in [1.82, 2.24) is 20.1 Å². The van der Waals surface area contributed by atoms with Crippen molar-refractivity contribution < 1.29 is 23.9 Å². The van der Waals surface area contributed by atoms with E-state index < -0.39 is 18.0 Å². The molecule has 1 N–H and O–H groups in total. The van der Waals surface area contributed by atoms with Gasteiger partial charge in [0, 0.05) is 50.7 Å². The third-order valence-corrected chi connectivity index (χ3v) is 9.09. The number of aromatic nitrogens is 1. The van der Waals surface area contributed by atoms with Crippen LogP contribution in [0.2, 0.25) is 0 Å². The highest BCUT2D eigenvalue weighted by molar-refractivity contribution is 7.09. The maximum absolute atomic E-state index is 14.3. The minimum absolute atomic E-state index is 0.00604. The van der Waals surface area contributed by atoms with E-state index in [1.165, 1.54) is 18.3 Å². The summed E-state index contributed by atoms with van der Waals surface area (Å²) in [6.07, 6.45) is 4.45. The van der Waals surface area contributed by atoms with Gasteiger partial charge in [-0.05, 0) is 44.7 Å². The highest BCUT2D eigenvalue weighted by Gasteiger charge is 2.38. The zero-order valence-electron chi connectivity index (χ0n) is 25.7. The molecule has 0 spiro atoms. The van der Waals surface area contributed by atoms with Crippen LogP contribution < -0.4 is 5.32 Å². The summed E-state index contributed by atoms with van der Waals surface area (Å²) in [7, 11) is 3.54. The van der Waals surface area contributed by atoms with Crippen LogP contribution in [0.25, 0.3) is 0 Å². The molecule has 0 aromatic carbocycles. The number of hydrogen-bond acceptors (Lipinski definition) is 8. The zero-order chi connectivity index (χ0) is 30.0. The van der Waals surface area contributed by atoms with Gasteiger partial charge in [-0.2, -0.15) is 0 Å². The molecule has 226 valence electrons. The van der Waals surface area contributed by atoms with E-state index in [-0.39, 0.29) is 53.6 Å². The lowest BCUT2D eigenvalue weighted by molar-refractivity contribution is -0.150. The van der Waals surface area contributed by atoms with Crippen LogP contribution in [-0.4, -0.2) is 77.6 Å². The van der Waals surface area contributed by atoms with Crippen molar-refractivity contribution in [2.45, 2.75) is 105 Å². The summed E-state index contributed by atoms with van der Waals surface area (Å²) in [5.41, 5.74) is 0.269. The third kappa shape index (κ3) is 9.09. The molecule has 1 aliphatic heterocycles. The number of ether oxygens (including phenoxy) is 1. The van der Waals surface area contributed by atoms with Crippen LogP contribution in [-0.2, 0) is 19.1 Å². The minimum Gasteiger partial charge on any atom is -0.455 e.